The lowest BCUT2D eigenvalue weighted by molar-refractivity contribution is 0.414. The fraction of sp³-hybridized carbons (Fsp3) is 0.308. The number of hydrogen-bond donors (Lipinski definition) is 0. The van der Waals surface area contributed by atoms with Crippen molar-refractivity contribution in [1.29, 1.82) is 5.26 Å². The molecule has 0 N–H and O–H groups in total. The summed E-state index contributed by atoms with van der Waals surface area (Å²) in [7, 11) is 1.66. The van der Waals surface area contributed by atoms with Crippen LogP contribution in [-0.2, 0) is 5.75 Å². The minimum absolute atomic E-state index is 0.0950. The molecule has 2 rings (SSSR count). The van der Waals surface area contributed by atoms with Crippen molar-refractivity contribution in [2.75, 3.05) is 7.11 Å². The average Bonchev–Trinajstić information content (AvgIpc) is 2.93. The van der Waals surface area contributed by atoms with E-state index in [9.17, 15) is 0 Å². The van der Waals surface area contributed by atoms with E-state index in [1.54, 1.807) is 18.9 Å². The molecule has 104 valence electrons. The second-order valence-electron chi connectivity index (χ2n) is 3.86. The number of nitriles is 1. The lowest BCUT2D eigenvalue weighted by atomic mass is 10.2. The molecule has 1 aromatic heterocycles. The summed E-state index contributed by atoms with van der Waals surface area (Å²) in [5.74, 6) is 1.70. The zero-order valence-electron chi connectivity index (χ0n) is 11.1. The Morgan fingerprint density at radius 2 is 2.00 bits per heavy atom. The van der Waals surface area contributed by atoms with Crippen molar-refractivity contribution in [3.63, 3.8) is 0 Å². The molecule has 0 bridgehead atoms. The summed E-state index contributed by atoms with van der Waals surface area (Å²) >= 11 is 4.63. The number of ether oxygens (including phenoxy) is 1. The van der Waals surface area contributed by atoms with Gasteiger partial charge >= 0.3 is 0 Å². The van der Waals surface area contributed by atoms with Crippen molar-refractivity contribution in [2.24, 2.45) is 0 Å². The van der Waals surface area contributed by atoms with E-state index in [2.05, 4.69) is 16.3 Å². The molecule has 4 nitrogen and oxygen atoms in total. The van der Waals surface area contributed by atoms with Gasteiger partial charge in [-0.05, 0) is 24.6 Å². The number of aromatic nitrogens is 2. The average molecular weight is 323 g/mol. The Bertz CT molecular complexity index is 592. The summed E-state index contributed by atoms with van der Waals surface area (Å²) in [6, 6.07) is 10.2. The molecule has 0 saturated carbocycles. The predicted octanol–water partition coefficient (Wildman–Crippen LogP) is 3.84. The molecular formula is C13H13N3OS3. The highest BCUT2D eigenvalue weighted by molar-refractivity contribution is 8.03. The third-order valence-corrected chi connectivity index (χ3v) is 5.57. The van der Waals surface area contributed by atoms with E-state index in [0.717, 1.165) is 20.2 Å². The molecular weight excluding hydrogens is 310 g/mol. The number of hydrogen-bond acceptors (Lipinski definition) is 7. The lowest BCUT2D eigenvalue weighted by Crippen LogP contribution is -1.88. The highest BCUT2D eigenvalue weighted by atomic mass is 32.2. The fourth-order valence-electron chi connectivity index (χ4n) is 1.35. The highest BCUT2D eigenvalue weighted by Gasteiger charge is 2.09. The summed E-state index contributed by atoms with van der Waals surface area (Å²) in [5.41, 5.74) is 1.21. The van der Waals surface area contributed by atoms with Gasteiger partial charge in [0, 0.05) is 5.75 Å². The van der Waals surface area contributed by atoms with Gasteiger partial charge in [0.1, 0.15) is 5.75 Å². The first-order chi connectivity index (χ1) is 9.71. The van der Waals surface area contributed by atoms with E-state index in [-0.39, 0.29) is 5.25 Å². The van der Waals surface area contributed by atoms with E-state index in [4.69, 9.17) is 10.00 Å². The highest BCUT2D eigenvalue weighted by Crippen LogP contribution is 2.32. The monoisotopic (exact) mass is 323 g/mol. The largest absolute Gasteiger partial charge is 0.497 e. The van der Waals surface area contributed by atoms with Crippen LogP contribution in [0.15, 0.2) is 32.9 Å². The molecule has 0 aliphatic heterocycles. The lowest BCUT2D eigenvalue weighted by Gasteiger charge is -2.01. The van der Waals surface area contributed by atoms with Gasteiger partial charge in [0.2, 0.25) is 0 Å². The molecule has 0 fully saturated rings. The van der Waals surface area contributed by atoms with Gasteiger partial charge in [-0.15, -0.1) is 10.2 Å². The molecule has 1 heterocycles. The molecule has 20 heavy (non-hydrogen) atoms. The zero-order valence-corrected chi connectivity index (χ0v) is 13.5. The molecule has 0 spiro atoms. The van der Waals surface area contributed by atoms with Crippen molar-refractivity contribution >= 4 is 34.9 Å². The van der Waals surface area contributed by atoms with Crippen molar-refractivity contribution < 1.29 is 4.74 Å². The van der Waals surface area contributed by atoms with Crippen LogP contribution < -0.4 is 4.74 Å². The van der Waals surface area contributed by atoms with E-state index in [1.807, 2.05) is 31.2 Å². The van der Waals surface area contributed by atoms with Gasteiger partial charge in [0.25, 0.3) is 0 Å². The van der Waals surface area contributed by atoms with Crippen molar-refractivity contribution in [1.82, 2.24) is 10.2 Å². The Morgan fingerprint density at radius 1 is 1.30 bits per heavy atom. The molecule has 0 aliphatic rings. The molecule has 0 radical (unpaired) electrons. The second-order valence-corrected chi connectivity index (χ2v) is 7.65. The number of nitrogens with zero attached hydrogens (tertiary/aromatic N) is 3. The molecule has 0 saturated heterocycles. The molecule has 0 aliphatic carbocycles. The van der Waals surface area contributed by atoms with Crippen LogP contribution in [0.5, 0.6) is 5.75 Å². The predicted molar refractivity (Wildman–Crippen MR) is 83.4 cm³/mol. The minimum atomic E-state index is -0.0950. The van der Waals surface area contributed by atoms with Crippen LogP contribution in [0.2, 0.25) is 0 Å². The van der Waals surface area contributed by atoms with Crippen LogP contribution in [0.4, 0.5) is 0 Å². The van der Waals surface area contributed by atoms with Gasteiger partial charge in [-0.2, -0.15) is 5.26 Å². The number of benzene rings is 1. The standard InChI is InChI=1S/C13H13N3OS3/c1-9(7-14)19-13-16-15-12(20-13)18-8-10-3-5-11(17-2)6-4-10/h3-6,9H,8H2,1-2H3. The maximum Gasteiger partial charge on any atom is 0.176 e. The van der Waals surface area contributed by atoms with Gasteiger partial charge in [-0.25, -0.2) is 0 Å². The maximum atomic E-state index is 8.77. The number of rotatable bonds is 6. The number of thioether (sulfide) groups is 2. The van der Waals surface area contributed by atoms with Gasteiger partial charge in [-0.1, -0.05) is 47.0 Å². The Kier molecular flexibility index (Phi) is 5.71. The third kappa shape index (κ3) is 4.40. The Hall–Kier alpha value is -1.23. The second kappa shape index (κ2) is 7.53. The summed E-state index contributed by atoms with van der Waals surface area (Å²) < 4.78 is 6.89. The summed E-state index contributed by atoms with van der Waals surface area (Å²) in [6.07, 6.45) is 0. The molecule has 1 atom stereocenters. The summed E-state index contributed by atoms with van der Waals surface area (Å²) in [6.45, 7) is 1.86. The first-order valence-corrected chi connectivity index (χ1v) is 8.55. The Morgan fingerprint density at radius 3 is 2.65 bits per heavy atom. The van der Waals surface area contributed by atoms with Crippen molar-refractivity contribution in [3.8, 4) is 11.8 Å². The number of methoxy groups -OCH3 is 1. The minimum Gasteiger partial charge on any atom is -0.497 e. The van der Waals surface area contributed by atoms with E-state index in [1.165, 1.54) is 28.7 Å². The molecule has 0 amide bonds. The maximum absolute atomic E-state index is 8.77. The van der Waals surface area contributed by atoms with Crippen LogP contribution in [0, 0.1) is 11.3 Å². The van der Waals surface area contributed by atoms with Gasteiger partial charge in [0.15, 0.2) is 8.68 Å². The smallest absolute Gasteiger partial charge is 0.176 e. The van der Waals surface area contributed by atoms with Crippen molar-refractivity contribution in [2.45, 2.75) is 26.6 Å². The quantitative estimate of drug-likeness (QED) is 0.753. The summed E-state index contributed by atoms with van der Waals surface area (Å²) in [4.78, 5) is 0. The molecule has 1 unspecified atom stereocenters. The van der Waals surface area contributed by atoms with E-state index < -0.39 is 0 Å². The Labute approximate surface area is 130 Å². The normalized spacial score (nSPS) is 11.8. The van der Waals surface area contributed by atoms with Crippen LogP contribution in [0.1, 0.15) is 12.5 Å². The van der Waals surface area contributed by atoms with Gasteiger partial charge in [-0.3, -0.25) is 0 Å². The SMILES string of the molecule is COc1ccc(CSc2nnc(SC(C)C#N)s2)cc1. The van der Waals surface area contributed by atoms with Crippen molar-refractivity contribution in [3.05, 3.63) is 29.8 Å². The van der Waals surface area contributed by atoms with Crippen LogP contribution >= 0.6 is 34.9 Å². The zero-order chi connectivity index (χ0) is 14.4. The third-order valence-electron chi connectivity index (χ3n) is 2.37. The topological polar surface area (TPSA) is 58.8 Å². The van der Waals surface area contributed by atoms with Crippen LogP contribution in [-0.4, -0.2) is 22.6 Å². The van der Waals surface area contributed by atoms with Gasteiger partial charge < -0.3 is 4.74 Å². The van der Waals surface area contributed by atoms with Crippen LogP contribution in [0.25, 0.3) is 0 Å². The Balaban J connectivity index is 1.89. The first kappa shape index (κ1) is 15.2. The first-order valence-electron chi connectivity index (χ1n) is 5.87. The summed E-state index contributed by atoms with van der Waals surface area (Å²) in [5, 5.41) is 16.9. The fourth-order valence-corrected chi connectivity index (χ4v) is 4.35. The van der Waals surface area contributed by atoms with Gasteiger partial charge in [0.05, 0.1) is 18.4 Å². The molecule has 7 heteroatoms. The molecule has 1 aromatic carbocycles. The van der Waals surface area contributed by atoms with E-state index in [0.29, 0.717) is 0 Å². The van der Waals surface area contributed by atoms with Crippen LogP contribution in [0.3, 0.4) is 0 Å². The van der Waals surface area contributed by atoms with E-state index >= 15 is 0 Å². The molecule has 2 aromatic rings.